The first-order valence-corrected chi connectivity index (χ1v) is 14.6. The fourth-order valence-corrected chi connectivity index (χ4v) is 4.58. The smallest absolute Gasteiger partial charge is 0.387 e. The van der Waals surface area contributed by atoms with Crippen LogP contribution in [-0.2, 0) is 12.8 Å². The number of aryl methyl sites for hydroxylation is 2. The maximum atomic E-state index is 14.2. The monoisotopic (exact) mass is 638 g/mol. The molecule has 4 rings (SSSR count). The lowest BCUT2D eigenvalue weighted by Gasteiger charge is -2.10. The highest BCUT2D eigenvalue weighted by atomic mass is 19.3. The van der Waals surface area contributed by atoms with Gasteiger partial charge in [0.25, 0.3) is 0 Å². The van der Waals surface area contributed by atoms with Gasteiger partial charge in [0.15, 0.2) is 23.3 Å². The van der Waals surface area contributed by atoms with E-state index >= 15 is 0 Å². The Bertz CT molecular complexity index is 1490. The van der Waals surface area contributed by atoms with Crippen LogP contribution in [0.4, 0.5) is 35.1 Å². The summed E-state index contributed by atoms with van der Waals surface area (Å²) in [5.41, 5.74) is 1.72. The summed E-state index contributed by atoms with van der Waals surface area (Å²) in [7, 11) is 0. The largest absolute Gasteiger partial charge is 0.435 e. The molecule has 0 N–H and O–H groups in total. The van der Waals surface area contributed by atoms with Crippen molar-refractivity contribution in [1.82, 2.24) is 0 Å². The molecule has 2 nitrogen and oxygen atoms in total. The lowest BCUT2D eigenvalue weighted by molar-refractivity contribution is -0.0505. The Morgan fingerprint density at radius 2 is 0.844 bits per heavy atom. The van der Waals surface area contributed by atoms with Gasteiger partial charge in [-0.25, -0.2) is 17.6 Å². The highest BCUT2D eigenvalue weighted by molar-refractivity contribution is 5.66. The molecule has 45 heavy (non-hydrogen) atoms. The normalized spacial score (nSPS) is 11.0. The van der Waals surface area contributed by atoms with Gasteiger partial charge in [0.05, 0.1) is 0 Å². The Hall–Kier alpha value is -4.08. The molecule has 0 aliphatic heterocycles. The van der Waals surface area contributed by atoms with Crippen LogP contribution in [0.25, 0.3) is 22.3 Å². The van der Waals surface area contributed by atoms with E-state index in [1.165, 1.54) is 60.7 Å². The third-order valence-electron chi connectivity index (χ3n) is 6.95. The molecule has 0 fully saturated rings. The Morgan fingerprint density at radius 3 is 1.20 bits per heavy atom. The third-order valence-corrected chi connectivity index (χ3v) is 6.95. The van der Waals surface area contributed by atoms with E-state index in [0.29, 0.717) is 35.1 Å². The van der Waals surface area contributed by atoms with Crippen LogP contribution < -0.4 is 9.47 Å². The van der Waals surface area contributed by atoms with Gasteiger partial charge in [0.2, 0.25) is 0 Å². The van der Waals surface area contributed by atoms with Crippen LogP contribution in [0.2, 0.25) is 0 Å². The Labute approximate surface area is 257 Å². The van der Waals surface area contributed by atoms with Crippen molar-refractivity contribution in [3.63, 3.8) is 0 Å². The van der Waals surface area contributed by atoms with Gasteiger partial charge in [-0.05, 0) is 72.2 Å². The number of alkyl halides is 4. The molecule has 0 saturated carbocycles. The first-order valence-electron chi connectivity index (χ1n) is 14.6. The van der Waals surface area contributed by atoms with Crippen molar-refractivity contribution in [2.24, 2.45) is 0 Å². The summed E-state index contributed by atoms with van der Waals surface area (Å²) in [6.07, 6.45) is 5.46. The predicted molar refractivity (Wildman–Crippen MR) is 159 cm³/mol. The number of rotatable bonds is 13. The van der Waals surface area contributed by atoms with Gasteiger partial charge in [-0.15, -0.1) is 0 Å². The minimum absolute atomic E-state index is 0.0270. The molecule has 0 amide bonds. The second-order valence-corrected chi connectivity index (χ2v) is 10.2. The Balaban J connectivity index is 0.000000246. The molecule has 0 radical (unpaired) electrons. The number of benzene rings is 4. The predicted octanol–water partition coefficient (Wildman–Crippen LogP) is 11.5. The van der Waals surface area contributed by atoms with E-state index in [2.05, 4.69) is 9.47 Å². The van der Waals surface area contributed by atoms with Gasteiger partial charge in [-0.1, -0.05) is 81.6 Å². The van der Waals surface area contributed by atoms with Gasteiger partial charge in [0, 0.05) is 11.1 Å². The summed E-state index contributed by atoms with van der Waals surface area (Å²) in [5.74, 6) is -3.58. The molecule has 0 aliphatic carbocycles. The summed E-state index contributed by atoms with van der Waals surface area (Å²) in [4.78, 5) is 0. The van der Waals surface area contributed by atoms with Crippen LogP contribution in [0.1, 0.15) is 57.1 Å². The van der Waals surface area contributed by atoms with E-state index in [1.807, 2.05) is 13.8 Å². The summed E-state index contributed by atoms with van der Waals surface area (Å²) in [6.45, 7) is -1.82. The average molecular weight is 639 g/mol. The van der Waals surface area contributed by atoms with Gasteiger partial charge >= 0.3 is 13.2 Å². The molecule has 0 spiro atoms. The Kier molecular flexibility index (Phi) is 13.7. The molecule has 0 unspecified atom stereocenters. The van der Waals surface area contributed by atoms with Crippen LogP contribution in [0.5, 0.6) is 11.5 Å². The quantitative estimate of drug-likeness (QED) is 0.107. The molecular weight excluding hydrogens is 604 g/mol. The summed E-state index contributed by atoms with van der Waals surface area (Å²) >= 11 is 0. The van der Waals surface area contributed by atoms with E-state index in [4.69, 9.17) is 0 Å². The van der Waals surface area contributed by atoms with E-state index in [0.717, 1.165) is 32.1 Å². The van der Waals surface area contributed by atoms with Crippen LogP contribution >= 0.6 is 0 Å². The topological polar surface area (TPSA) is 18.5 Å². The maximum absolute atomic E-state index is 14.2. The van der Waals surface area contributed by atoms with Crippen LogP contribution in [0.15, 0.2) is 72.8 Å². The SMILES string of the molecule is CCCCCc1ccc(-c2ccc(OC(F)F)cc2)c(F)c1F.CCCCc1ccc(-c2ccc(OC(F)F)cc2)c(F)c1F. The van der Waals surface area contributed by atoms with E-state index in [9.17, 15) is 35.1 Å². The van der Waals surface area contributed by atoms with E-state index < -0.39 is 36.5 Å². The van der Waals surface area contributed by atoms with Gasteiger partial charge in [-0.3, -0.25) is 0 Å². The van der Waals surface area contributed by atoms with Crippen LogP contribution in [0, 0.1) is 23.3 Å². The van der Waals surface area contributed by atoms with Gasteiger partial charge in [0.1, 0.15) is 11.5 Å². The number of unbranched alkanes of at least 4 members (excludes halogenated alkanes) is 3. The second kappa shape index (κ2) is 17.4. The van der Waals surface area contributed by atoms with Gasteiger partial charge in [-0.2, -0.15) is 17.6 Å². The van der Waals surface area contributed by atoms with Crippen molar-refractivity contribution in [2.45, 2.75) is 72.0 Å². The van der Waals surface area contributed by atoms with Crippen molar-refractivity contribution in [3.8, 4) is 33.8 Å². The number of hydrogen-bond acceptors (Lipinski definition) is 2. The summed E-state index contributed by atoms with van der Waals surface area (Å²) < 4.78 is 113. The van der Waals surface area contributed by atoms with Crippen molar-refractivity contribution >= 4 is 0 Å². The minimum atomic E-state index is -2.92. The molecule has 0 atom stereocenters. The lowest BCUT2D eigenvalue weighted by Crippen LogP contribution is -2.01. The fourth-order valence-electron chi connectivity index (χ4n) is 4.58. The molecule has 4 aromatic rings. The summed E-state index contributed by atoms with van der Waals surface area (Å²) in [5, 5.41) is 0. The number of ether oxygens (including phenoxy) is 2. The van der Waals surface area contributed by atoms with Gasteiger partial charge < -0.3 is 9.47 Å². The van der Waals surface area contributed by atoms with E-state index in [-0.39, 0.29) is 22.6 Å². The molecule has 0 heterocycles. The molecule has 4 aromatic carbocycles. The number of hydrogen-bond donors (Lipinski definition) is 0. The summed E-state index contributed by atoms with van der Waals surface area (Å²) in [6, 6.07) is 17.0. The highest BCUT2D eigenvalue weighted by Gasteiger charge is 2.16. The number of halogens is 8. The molecular formula is C35H34F8O2. The maximum Gasteiger partial charge on any atom is 0.387 e. The Morgan fingerprint density at radius 1 is 0.467 bits per heavy atom. The average Bonchev–Trinajstić information content (AvgIpc) is 3.01. The highest BCUT2D eigenvalue weighted by Crippen LogP contribution is 2.30. The molecule has 0 saturated heterocycles. The zero-order chi connectivity index (χ0) is 32.9. The molecule has 242 valence electrons. The fraction of sp³-hybridized carbons (Fsp3) is 0.314. The molecule has 0 aromatic heterocycles. The second-order valence-electron chi connectivity index (χ2n) is 10.2. The van der Waals surface area contributed by atoms with E-state index in [1.54, 1.807) is 12.1 Å². The lowest BCUT2D eigenvalue weighted by atomic mass is 10.00. The van der Waals surface area contributed by atoms with Crippen molar-refractivity contribution in [2.75, 3.05) is 0 Å². The standard InChI is InChI=1S/C18H18F4O.C17H16F4O/c1-2-3-4-5-13-8-11-15(17(20)16(13)19)12-6-9-14(10-7-12)23-18(21)22;1-2-3-4-12-7-10-14(16(19)15(12)18)11-5-8-13(9-6-11)22-17(20)21/h6-11,18H,2-5H2,1H3;5-10,17H,2-4H2,1H3. The van der Waals surface area contributed by atoms with Crippen molar-refractivity contribution in [3.05, 3.63) is 107 Å². The first-order chi connectivity index (χ1) is 21.5. The molecule has 10 heteroatoms. The van der Waals surface area contributed by atoms with Crippen molar-refractivity contribution in [1.29, 1.82) is 0 Å². The minimum Gasteiger partial charge on any atom is -0.435 e. The first kappa shape index (κ1) is 35.4. The van der Waals surface area contributed by atoms with Crippen molar-refractivity contribution < 1.29 is 44.6 Å². The van der Waals surface area contributed by atoms with Crippen LogP contribution in [0.3, 0.4) is 0 Å². The third kappa shape index (κ3) is 10.2. The zero-order valence-corrected chi connectivity index (χ0v) is 24.9. The molecule has 0 bridgehead atoms. The van der Waals surface area contributed by atoms with Crippen LogP contribution in [-0.4, -0.2) is 13.2 Å². The zero-order valence-electron chi connectivity index (χ0n) is 24.9. The molecule has 0 aliphatic rings.